The van der Waals surface area contributed by atoms with E-state index in [1.165, 1.54) is 80.9 Å². The molecule has 1 aromatic carbocycles. The molecule has 0 aromatic heterocycles. The average molecular weight is 389 g/mol. The molecule has 4 N–H and O–H groups in total. The first-order chi connectivity index (χ1) is 13.4. The summed E-state index contributed by atoms with van der Waals surface area (Å²) in [5.74, 6) is 1.09. The molecule has 2 nitrogen and oxygen atoms in total. The summed E-state index contributed by atoms with van der Waals surface area (Å²) in [6, 6.07) is 2.34. The van der Waals surface area contributed by atoms with Crippen molar-refractivity contribution in [2.24, 2.45) is 5.92 Å². The Bertz CT molecular complexity index is 510. The monoisotopic (exact) mass is 388 g/mol. The van der Waals surface area contributed by atoms with Gasteiger partial charge in [0.25, 0.3) is 0 Å². The fourth-order valence-electron chi connectivity index (χ4n) is 4.46. The number of unbranched alkanes of at least 4 members (excludes halogenated alkanes) is 8. The van der Waals surface area contributed by atoms with E-state index in [4.69, 9.17) is 11.5 Å². The predicted octanol–water partition coefficient (Wildman–Crippen LogP) is 8.03. The average Bonchev–Trinajstić information content (AvgIpc) is 2.63. The van der Waals surface area contributed by atoms with Gasteiger partial charge < -0.3 is 11.5 Å². The lowest BCUT2D eigenvalue weighted by Gasteiger charge is -2.23. The molecule has 0 aliphatic rings. The van der Waals surface area contributed by atoms with Gasteiger partial charge in [-0.05, 0) is 55.1 Å². The zero-order chi connectivity index (χ0) is 20.9. The number of nitrogen functional groups attached to an aromatic ring is 2. The van der Waals surface area contributed by atoms with Gasteiger partial charge in [-0.25, -0.2) is 0 Å². The van der Waals surface area contributed by atoms with Crippen molar-refractivity contribution in [3.05, 3.63) is 22.8 Å². The van der Waals surface area contributed by atoms with Crippen molar-refractivity contribution in [3.8, 4) is 0 Å². The maximum absolute atomic E-state index is 6.68. The number of hydrogen-bond acceptors (Lipinski definition) is 2. The van der Waals surface area contributed by atoms with Crippen LogP contribution in [0.4, 0.5) is 11.4 Å². The van der Waals surface area contributed by atoms with Crippen molar-refractivity contribution >= 4 is 11.4 Å². The molecule has 0 amide bonds. The largest absolute Gasteiger partial charge is 0.398 e. The van der Waals surface area contributed by atoms with E-state index in [0.29, 0.717) is 11.8 Å². The summed E-state index contributed by atoms with van der Waals surface area (Å²) in [7, 11) is 0. The minimum absolute atomic E-state index is 0.430. The fraction of sp³-hybridized carbons (Fsp3) is 0.769. The van der Waals surface area contributed by atoms with Gasteiger partial charge >= 0.3 is 0 Å². The van der Waals surface area contributed by atoms with Gasteiger partial charge in [0, 0.05) is 16.9 Å². The molecule has 0 spiro atoms. The molecule has 1 rings (SSSR count). The SMILES string of the molecule is CCCCCCCc1cc(CCCCCCC)c(N)c(C(C)CC(C)C)c1N. The van der Waals surface area contributed by atoms with Crippen molar-refractivity contribution < 1.29 is 0 Å². The predicted molar refractivity (Wildman–Crippen MR) is 128 cm³/mol. The molecule has 28 heavy (non-hydrogen) atoms. The molecule has 0 bridgehead atoms. The number of anilines is 2. The first-order valence-corrected chi connectivity index (χ1v) is 12.1. The summed E-state index contributed by atoms with van der Waals surface area (Å²) in [5, 5.41) is 0. The Morgan fingerprint density at radius 2 is 1.11 bits per heavy atom. The van der Waals surface area contributed by atoms with Crippen LogP contribution in [0.5, 0.6) is 0 Å². The second-order valence-electron chi connectivity index (χ2n) is 9.29. The van der Waals surface area contributed by atoms with Crippen molar-refractivity contribution in [3.63, 3.8) is 0 Å². The maximum Gasteiger partial charge on any atom is 0.0402 e. The minimum atomic E-state index is 0.430. The van der Waals surface area contributed by atoms with Crippen LogP contribution < -0.4 is 11.5 Å². The Morgan fingerprint density at radius 1 is 0.679 bits per heavy atom. The number of nitrogens with two attached hydrogens (primary N) is 2. The second-order valence-corrected chi connectivity index (χ2v) is 9.29. The highest BCUT2D eigenvalue weighted by Crippen LogP contribution is 2.38. The third kappa shape index (κ3) is 8.45. The number of hydrogen-bond donors (Lipinski definition) is 2. The maximum atomic E-state index is 6.68. The molecule has 1 unspecified atom stereocenters. The van der Waals surface area contributed by atoms with Crippen LogP contribution in [0.2, 0.25) is 0 Å². The summed E-state index contributed by atoms with van der Waals surface area (Å²) >= 11 is 0. The van der Waals surface area contributed by atoms with Crippen LogP contribution in [-0.2, 0) is 12.8 Å². The highest BCUT2D eigenvalue weighted by molar-refractivity contribution is 5.70. The zero-order valence-corrected chi connectivity index (χ0v) is 19.6. The number of benzene rings is 1. The first kappa shape index (κ1) is 24.9. The number of rotatable bonds is 15. The third-order valence-electron chi connectivity index (χ3n) is 6.04. The van der Waals surface area contributed by atoms with Crippen LogP contribution in [-0.4, -0.2) is 0 Å². The number of aryl methyl sites for hydroxylation is 2. The minimum Gasteiger partial charge on any atom is -0.398 e. The molecule has 1 atom stereocenters. The Labute approximate surface area is 175 Å². The van der Waals surface area contributed by atoms with Gasteiger partial charge in [0.2, 0.25) is 0 Å². The normalized spacial score (nSPS) is 12.6. The van der Waals surface area contributed by atoms with E-state index in [9.17, 15) is 0 Å². The van der Waals surface area contributed by atoms with Gasteiger partial charge in [-0.2, -0.15) is 0 Å². The Morgan fingerprint density at radius 3 is 1.50 bits per heavy atom. The highest BCUT2D eigenvalue weighted by atomic mass is 14.6. The summed E-state index contributed by atoms with van der Waals surface area (Å²) in [5.41, 5.74) is 19.3. The topological polar surface area (TPSA) is 52.0 Å². The fourth-order valence-corrected chi connectivity index (χ4v) is 4.46. The van der Waals surface area contributed by atoms with Gasteiger partial charge in [-0.1, -0.05) is 92.1 Å². The molecule has 0 saturated heterocycles. The molecule has 0 radical (unpaired) electrons. The highest BCUT2D eigenvalue weighted by Gasteiger charge is 2.19. The molecular weight excluding hydrogens is 340 g/mol. The van der Waals surface area contributed by atoms with E-state index in [1.54, 1.807) is 0 Å². The first-order valence-electron chi connectivity index (χ1n) is 12.1. The van der Waals surface area contributed by atoms with Crippen molar-refractivity contribution in [1.29, 1.82) is 0 Å². The lowest BCUT2D eigenvalue weighted by Crippen LogP contribution is -2.12. The quantitative estimate of drug-likeness (QED) is 0.236. The van der Waals surface area contributed by atoms with Crippen LogP contribution in [0.15, 0.2) is 6.07 Å². The van der Waals surface area contributed by atoms with Gasteiger partial charge in [0.05, 0.1) is 0 Å². The summed E-state index contributed by atoms with van der Waals surface area (Å²) < 4.78 is 0. The molecule has 0 aliphatic heterocycles. The van der Waals surface area contributed by atoms with Crippen molar-refractivity contribution in [1.82, 2.24) is 0 Å². The summed E-state index contributed by atoms with van der Waals surface area (Å²) in [6.07, 6.45) is 16.4. The third-order valence-corrected chi connectivity index (χ3v) is 6.04. The van der Waals surface area contributed by atoms with Crippen molar-refractivity contribution in [2.45, 2.75) is 124 Å². The molecule has 0 heterocycles. The lowest BCUT2D eigenvalue weighted by molar-refractivity contribution is 0.524. The second kappa shape index (κ2) is 13.9. The zero-order valence-electron chi connectivity index (χ0n) is 19.6. The molecule has 1 aromatic rings. The van der Waals surface area contributed by atoms with E-state index < -0.39 is 0 Å². The van der Waals surface area contributed by atoms with E-state index in [1.807, 2.05) is 0 Å². The van der Waals surface area contributed by atoms with E-state index in [2.05, 4.69) is 40.7 Å². The van der Waals surface area contributed by atoms with E-state index >= 15 is 0 Å². The molecular formula is C26H48N2. The molecule has 162 valence electrons. The van der Waals surface area contributed by atoms with Crippen LogP contribution in [0.25, 0.3) is 0 Å². The van der Waals surface area contributed by atoms with Gasteiger partial charge in [0.1, 0.15) is 0 Å². The van der Waals surface area contributed by atoms with Crippen LogP contribution in [0.1, 0.15) is 128 Å². The lowest BCUT2D eigenvalue weighted by atomic mass is 9.85. The van der Waals surface area contributed by atoms with Gasteiger partial charge in [0.15, 0.2) is 0 Å². The van der Waals surface area contributed by atoms with Crippen molar-refractivity contribution in [2.75, 3.05) is 11.5 Å². The van der Waals surface area contributed by atoms with Crippen LogP contribution in [0, 0.1) is 5.92 Å². The molecule has 0 saturated carbocycles. The summed E-state index contributed by atoms with van der Waals surface area (Å²) in [4.78, 5) is 0. The van der Waals surface area contributed by atoms with Gasteiger partial charge in [-0.15, -0.1) is 0 Å². The Balaban J connectivity index is 2.97. The standard InChI is InChI=1S/C26H48N2/c1-6-8-10-12-14-16-22-19-23(17-15-13-11-9-7-2)26(28)24(25(22)27)21(5)18-20(3)4/h19-21H,6-18,27-28H2,1-5H3. The Hall–Kier alpha value is -1.18. The van der Waals surface area contributed by atoms with Crippen LogP contribution >= 0.6 is 0 Å². The molecule has 2 heteroatoms. The van der Waals surface area contributed by atoms with Gasteiger partial charge in [-0.3, -0.25) is 0 Å². The van der Waals surface area contributed by atoms with Crippen LogP contribution in [0.3, 0.4) is 0 Å². The van der Waals surface area contributed by atoms with E-state index in [-0.39, 0.29) is 0 Å². The molecule has 0 fully saturated rings. The van der Waals surface area contributed by atoms with E-state index in [0.717, 1.165) is 30.6 Å². The smallest absolute Gasteiger partial charge is 0.0402 e. The molecule has 0 aliphatic carbocycles. The summed E-state index contributed by atoms with van der Waals surface area (Å²) in [6.45, 7) is 11.4. The Kier molecular flexibility index (Phi) is 12.3.